The van der Waals surface area contributed by atoms with E-state index in [1.54, 1.807) is 18.2 Å². The lowest BCUT2D eigenvalue weighted by atomic mass is 9.93. The standard InChI is InChI=1S/C16H19ClO5/c17-12-6-4-5-11(9-12)14(19)21-15-13(18)10-20-16(22-15)7-2-1-3-8-16/h4-6,9,13,15,18H,1-3,7-8,10H2. The van der Waals surface area contributed by atoms with Crippen LogP contribution in [0.15, 0.2) is 24.3 Å². The first-order chi connectivity index (χ1) is 10.6. The van der Waals surface area contributed by atoms with Gasteiger partial charge in [0.1, 0.15) is 6.10 Å². The van der Waals surface area contributed by atoms with Crippen LogP contribution in [-0.2, 0) is 14.2 Å². The van der Waals surface area contributed by atoms with E-state index in [1.165, 1.54) is 6.07 Å². The molecule has 1 aromatic carbocycles. The number of carbonyl (C=O) groups excluding carboxylic acids is 1. The van der Waals surface area contributed by atoms with E-state index in [1.807, 2.05) is 0 Å². The zero-order valence-electron chi connectivity index (χ0n) is 12.2. The molecule has 0 radical (unpaired) electrons. The van der Waals surface area contributed by atoms with Gasteiger partial charge in [0.25, 0.3) is 0 Å². The summed E-state index contributed by atoms with van der Waals surface area (Å²) in [4.78, 5) is 12.2. The van der Waals surface area contributed by atoms with Crippen LogP contribution in [0.4, 0.5) is 0 Å². The van der Waals surface area contributed by atoms with Gasteiger partial charge < -0.3 is 19.3 Å². The Morgan fingerprint density at radius 2 is 2.09 bits per heavy atom. The Morgan fingerprint density at radius 1 is 1.32 bits per heavy atom. The molecule has 1 aliphatic heterocycles. The topological polar surface area (TPSA) is 65.0 Å². The fourth-order valence-electron chi connectivity index (χ4n) is 2.88. The molecule has 120 valence electrons. The Morgan fingerprint density at radius 3 is 2.82 bits per heavy atom. The summed E-state index contributed by atoms with van der Waals surface area (Å²) >= 11 is 5.87. The number of ether oxygens (including phenoxy) is 3. The van der Waals surface area contributed by atoms with Gasteiger partial charge in [-0.05, 0) is 31.0 Å². The van der Waals surface area contributed by atoms with Gasteiger partial charge in [-0.3, -0.25) is 0 Å². The van der Waals surface area contributed by atoms with E-state index in [4.69, 9.17) is 25.8 Å². The lowest BCUT2D eigenvalue weighted by molar-refractivity contribution is -0.370. The molecule has 1 saturated heterocycles. The summed E-state index contributed by atoms with van der Waals surface area (Å²) in [5.41, 5.74) is 0.326. The van der Waals surface area contributed by atoms with E-state index in [0.29, 0.717) is 10.6 Å². The number of hydrogen-bond acceptors (Lipinski definition) is 5. The van der Waals surface area contributed by atoms with Crippen LogP contribution in [0.5, 0.6) is 0 Å². The van der Waals surface area contributed by atoms with Crippen LogP contribution in [0.3, 0.4) is 0 Å². The number of benzene rings is 1. The Balaban J connectivity index is 1.68. The molecule has 1 heterocycles. The van der Waals surface area contributed by atoms with Crippen molar-refractivity contribution in [3.05, 3.63) is 34.9 Å². The Labute approximate surface area is 134 Å². The summed E-state index contributed by atoms with van der Waals surface area (Å²) in [5.74, 6) is -1.30. The molecule has 0 bridgehead atoms. The number of carbonyl (C=O) groups is 1. The quantitative estimate of drug-likeness (QED) is 0.847. The van der Waals surface area contributed by atoms with Gasteiger partial charge in [0.05, 0.1) is 12.2 Å². The van der Waals surface area contributed by atoms with E-state index >= 15 is 0 Å². The van der Waals surface area contributed by atoms with Gasteiger partial charge >= 0.3 is 5.97 Å². The summed E-state index contributed by atoms with van der Waals surface area (Å²) in [7, 11) is 0. The summed E-state index contributed by atoms with van der Waals surface area (Å²) in [5, 5.41) is 10.4. The number of halogens is 1. The summed E-state index contributed by atoms with van der Waals surface area (Å²) in [6.45, 7) is 0.105. The zero-order chi connectivity index (χ0) is 15.6. The van der Waals surface area contributed by atoms with Crippen LogP contribution in [0.1, 0.15) is 42.5 Å². The van der Waals surface area contributed by atoms with Crippen molar-refractivity contribution in [1.82, 2.24) is 0 Å². The first-order valence-corrected chi connectivity index (χ1v) is 7.92. The second-order valence-electron chi connectivity index (χ2n) is 5.75. The molecule has 2 unspecified atom stereocenters. The van der Waals surface area contributed by atoms with Crippen LogP contribution < -0.4 is 0 Å². The normalized spacial score (nSPS) is 27.5. The third-order valence-corrected chi connectivity index (χ3v) is 4.30. The Kier molecular flexibility index (Phi) is 4.68. The minimum atomic E-state index is -1.02. The van der Waals surface area contributed by atoms with Crippen LogP contribution in [0.25, 0.3) is 0 Å². The first-order valence-electron chi connectivity index (χ1n) is 7.54. The maximum atomic E-state index is 12.2. The number of aliphatic hydroxyl groups is 1. The van der Waals surface area contributed by atoms with Crippen molar-refractivity contribution < 1.29 is 24.1 Å². The van der Waals surface area contributed by atoms with Crippen LogP contribution >= 0.6 is 11.6 Å². The summed E-state index contributed by atoms with van der Waals surface area (Å²) in [6.07, 6.45) is 2.66. The lowest BCUT2D eigenvalue weighted by Crippen LogP contribution is -2.54. The van der Waals surface area contributed by atoms with Gasteiger partial charge in [0, 0.05) is 17.9 Å². The number of rotatable bonds is 2. The van der Waals surface area contributed by atoms with Crippen molar-refractivity contribution in [3.8, 4) is 0 Å². The SMILES string of the molecule is O=C(OC1OC2(CCCCC2)OCC1O)c1cccc(Cl)c1. The maximum absolute atomic E-state index is 12.2. The van der Waals surface area contributed by atoms with E-state index in [2.05, 4.69) is 0 Å². The van der Waals surface area contributed by atoms with Gasteiger partial charge in [0.2, 0.25) is 6.29 Å². The fourth-order valence-corrected chi connectivity index (χ4v) is 3.07. The zero-order valence-corrected chi connectivity index (χ0v) is 12.9. The average Bonchev–Trinajstić information content (AvgIpc) is 2.52. The highest BCUT2D eigenvalue weighted by Gasteiger charge is 2.44. The molecule has 1 aromatic rings. The highest BCUT2D eigenvalue weighted by Crippen LogP contribution is 2.37. The number of aliphatic hydroxyl groups excluding tert-OH is 1. The molecule has 1 spiro atoms. The largest absolute Gasteiger partial charge is 0.429 e. The third kappa shape index (κ3) is 3.43. The molecule has 2 fully saturated rings. The van der Waals surface area contributed by atoms with Crippen molar-refractivity contribution in [3.63, 3.8) is 0 Å². The lowest BCUT2D eigenvalue weighted by Gasteiger charge is -2.44. The van der Waals surface area contributed by atoms with Crippen molar-refractivity contribution in [2.24, 2.45) is 0 Å². The molecular formula is C16H19ClO5. The number of esters is 1. The summed E-state index contributed by atoms with van der Waals surface area (Å²) < 4.78 is 16.8. The molecule has 3 rings (SSSR count). The van der Waals surface area contributed by atoms with Crippen molar-refractivity contribution in [2.75, 3.05) is 6.61 Å². The predicted octanol–water partition coefficient (Wildman–Crippen LogP) is 2.89. The van der Waals surface area contributed by atoms with Crippen LogP contribution in [0.2, 0.25) is 5.02 Å². The van der Waals surface area contributed by atoms with Gasteiger partial charge in [-0.15, -0.1) is 0 Å². The Hall–Kier alpha value is -1.14. The summed E-state index contributed by atoms with van der Waals surface area (Å²) in [6, 6.07) is 6.47. The van der Waals surface area contributed by atoms with Gasteiger partial charge in [0.15, 0.2) is 5.79 Å². The number of hydrogen-bond donors (Lipinski definition) is 1. The third-order valence-electron chi connectivity index (χ3n) is 4.06. The van der Waals surface area contributed by atoms with E-state index in [0.717, 1.165) is 32.1 Å². The highest BCUT2D eigenvalue weighted by atomic mass is 35.5. The van der Waals surface area contributed by atoms with Gasteiger partial charge in [-0.1, -0.05) is 24.1 Å². The van der Waals surface area contributed by atoms with Crippen molar-refractivity contribution in [1.29, 1.82) is 0 Å². The van der Waals surface area contributed by atoms with E-state index in [9.17, 15) is 9.90 Å². The maximum Gasteiger partial charge on any atom is 0.340 e. The molecule has 1 saturated carbocycles. The first kappa shape index (κ1) is 15.7. The van der Waals surface area contributed by atoms with Crippen LogP contribution in [-0.4, -0.2) is 35.9 Å². The molecule has 0 amide bonds. The minimum Gasteiger partial charge on any atom is -0.429 e. The van der Waals surface area contributed by atoms with Crippen LogP contribution in [0, 0.1) is 0 Å². The van der Waals surface area contributed by atoms with E-state index < -0.39 is 24.2 Å². The second-order valence-corrected chi connectivity index (χ2v) is 6.19. The van der Waals surface area contributed by atoms with Gasteiger partial charge in [-0.2, -0.15) is 0 Å². The average molecular weight is 327 g/mol. The molecule has 6 heteroatoms. The molecule has 1 N–H and O–H groups in total. The highest BCUT2D eigenvalue weighted by molar-refractivity contribution is 6.30. The van der Waals surface area contributed by atoms with Gasteiger partial charge in [-0.25, -0.2) is 4.79 Å². The second kappa shape index (κ2) is 6.54. The Bertz CT molecular complexity index is 541. The minimum absolute atomic E-state index is 0.105. The molecule has 5 nitrogen and oxygen atoms in total. The van der Waals surface area contributed by atoms with E-state index in [-0.39, 0.29) is 6.61 Å². The molecule has 22 heavy (non-hydrogen) atoms. The van der Waals surface area contributed by atoms with Crippen molar-refractivity contribution in [2.45, 2.75) is 50.3 Å². The molecular weight excluding hydrogens is 308 g/mol. The molecule has 0 aromatic heterocycles. The van der Waals surface area contributed by atoms with Crippen molar-refractivity contribution >= 4 is 17.6 Å². The monoisotopic (exact) mass is 326 g/mol. The predicted molar refractivity (Wildman–Crippen MR) is 79.5 cm³/mol. The molecule has 2 aliphatic rings. The fraction of sp³-hybridized carbons (Fsp3) is 0.562. The molecule has 1 aliphatic carbocycles. The molecule has 2 atom stereocenters. The smallest absolute Gasteiger partial charge is 0.340 e.